The third-order valence-corrected chi connectivity index (χ3v) is 3.18. The van der Waals surface area contributed by atoms with Crippen molar-refractivity contribution >= 4 is 22.8 Å². The molecule has 0 saturated carbocycles. The van der Waals surface area contributed by atoms with Gasteiger partial charge in [-0.05, 0) is 6.42 Å². The summed E-state index contributed by atoms with van der Waals surface area (Å²) in [4.78, 5) is 34.5. The van der Waals surface area contributed by atoms with E-state index in [4.69, 9.17) is 0 Å². The maximum absolute atomic E-state index is 12.1. The van der Waals surface area contributed by atoms with Crippen LogP contribution in [0.5, 0.6) is 0 Å². The van der Waals surface area contributed by atoms with Crippen LogP contribution in [0.25, 0.3) is 0 Å². The molecule has 1 rings (SSSR count). The average Bonchev–Trinajstić information content (AvgIpc) is 2.50. The van der Waals surface area contributed by atoms with Gasteiger partial charge >= 0.3 is 0 Å². The molecule has 23 heavy (non-hydrogen) atoms. The second-order valence-corrected chi connectivity index (χ2v) is 4.64. The van der Waals surface area contributed by atoms with Crippen molar-refractivity contribution in [2.24, 2.45) is 0 Å². The Hall–Kier alpha value is -1.41. The Labute approximate surface area is 159 Å². The maximum Gasteiger partial charge on any atom is 0.300 e. The van der Waals surface area contributed by atoms with E-state index in [1.54, 1.807) is 11.8 Å². The molecular formula is C14H18N3O5Y-. The van der Waals surface area contributed by atoms with Crippen LogP contribution in [0.1, 0.15) is 37.0 Å². The van der Waals surface area contributed by atoms with E-state index in [0.29, 0.717) is 13.0 Å². The Bertz CT molecular complexity index is 606. The summed E-state index contributed by atoms with van der Waals surface area (Å²) in [5.74, 6) is -0.378. The molecule has 0 heterocycles. The van der Waals surface area contributed by atoms with Crippen LogP contribution in [0.3, 0.4) is 0 Å². The fourth-order valence-electron chi connectivity index (χ4n) is 2.19. The average molecular weight is 397 g/mol. The number of nitro benzene ring substituents is 2. The molecule has 1 aromatic rings. The van der Waals surface area contributed by atoms with Gasteiger partial charge in [-0.1, -0.05) is 13.8 Å². The van der Waals surface area contributed by atoms with E-state index < -0.39 is 21.2 Å². The molecule has 0 aliphatic carbocycles. The monoisotopic (exact) mass is 397 g/mol. The zero-order valence-electron chi connectivity index (χ0n) is 13.2. The van der Waals surface area contributed by atoms with E-state index in [-0.39, 0.29) is 62.7 Å². The number of non-ortho nitro benzene ring substituents is 1. The molecule has 0 fully saturated rings. The SMILES string of the molecule is [CH2-]CN(CCC)c1c(C(=O)CC)cc([N+](=O)[O-])cc1[N+](=O)[O-].[Y]. The van der Waals surface area contributed by atoms with Crippen LogP contribution in [0.2, 0.25) is 0 Å². The second kappa shape index (κ2) is 9.67. The number of nitrogens with zero attached hydrogens (tertiary/aromatic N) is 3. The molecule has 0 aliphatic rings. The van der Waals surface area contributed by atoms with Gasteiger partial charge in [-0.15, -0.1) is 6.54 Å². The number of benzene rings is 1. The minimum Gasteiger partial charge on any atom is -0.395 e. The number of hydrogen-bond acceptors (Lipinski definition) is 6. The predicted octanol–water partition coefficient (Wildman–Crippen LogP) is 3.14. The molecule has 1 radical (unpaired) electrons. The number of carbonyl (C=O) groups excluding carboxylic acids is 1. The first kappa shape index (κ1) is 21.6. The normalized spacial score (nSPS) is 9.87. The third-order valence-electron chi connectivity index (χ3n) is 3.18. The van der Waals surface area contributed by atoms with E-state index in [1.807, 2.05) is 6.92 Å². The van der Waals surface area contributed by atoms with E-state index in [9.17, 15) is 25.0 Å². The summed E-state index contributed by atoms with van der Waals surface area (Å²) in [7, 11) is 0. The van der Waals surface area contributed by atoms with E-state index >= 15 is 0 Å². The molecule has 1 aromatic carbocycles. The summed E-state index contributed by atoms with van der Waals surface area (Å²) in [6, 6.07) is 1.99. The minimum absolute atomic E-state index is 0. The molecule has 0 aliphatic heterocycles. The Kier molecular flexibility index (Phi) is 9.08. The van der Waals surface area contributed by atoms with E-state index in [0.717, 1.165) is 12.1 Å². The van der Waals surface area contributed by atoms with Crippen LogP contribution in [0.4, 0.5) is 17.1 Å². The zero-order valence-corrected chi connectivity index (χ0v) is 16.0. The summed E-state index contributed by atoms with van der Waals surface area (Å²) in [5, 5.41) is 22.3. The van der Waals surface area contributed by atoms with Gasteiger partial charge in [0.1, 0.15) is 5.69 Å². The standard InChI is InChI=1S/C14H18N3O5.Y/c1-4-7-15(6-3)14-11(13(18)5-2)8-10(16(19)20)9-12(14)17(21)22;/h8-9H,3-7H2,1-2H3;/q-1;. The van der Waals surface area contributed by atoms with Crippen molar-refractivity contribution in [1.82, 2.24) is 0 Å². The fourth-order valence-corrected chi connectivity index (χ4v) is 2.19. The van der Waals surface area contributed by atoms with Gasteiger partial charge < -0.3 is 11.8 Å². The van der Waals surface area contributed by atoms with Gasteiger partial charge in [0, 0.05) is 51.7 Å². The van der Waals surface area contributed by atoms with Gasteiger partial charge in [-0.2, -0.15) is 0 Å². The number of Topliss-reactive ketones (excluding diaryl/α,β-unsaturated/α-hetero) is 1. The Morgan fingerprint density at radius 3 is 2.22 bits per heavy atom. The molecule has 0 unspecified atom stereocenters. The number of hydrogen-bond donors (Lipinski definition) is 0. The summed E-state index contributed by atoms with van der Waals surface area (Å²) in [5.41, 5.74) is -0.796. The molecule has 0 bridgehead atoms. The molecule has 0 amide bonds. The van der Waals surface area contributed by atoms with Crippen LogP contribution < -0.4 is 4.90 Å². The third kappa shape index (κ3) is 5.04. The molecule has 9 heteroatoms. The largest absolute Gasteiger partial charge is 0.395 e. The van der Waals surface area contributed by atoms with Crippen molar-refractivity contribution in [2.45, 2.75) is 26.7 Å². The van der Waals surface area contributed by atoms with Gasteiger partial charge in [0.05, 0.1) is 21.5 Å². The van der Waals surface area contributed by atoms with Gasteiger partial charge in [-0.25, -0.2) is 0 Å². The van der Waals surface area contributed by atoms with Crippen molar-refractivity contribution in [3.05, 3.63) is 44.8 Å². The molecule has 0 N–H and O–H groups in total. The molecule has 0 spiro atoms. The number of ketones is 1. The first-order valence-corrected chi connectivity index (χ1v) is 6.91. The Balaban J connectivity index is 0.00000484. The zero-order chi connectivity index (χ0) is 16.9. The van der Waals surface area contributed by atoms with Crippen molar-refractivity contribution in [2.75, 3.05) is 18.0 Å². The number of rotatable bonds is 8. The Morgan fingerprint density at radius 2 is 1.83 bits per heavy atom. The van der Waals surface area contributed by atoms with Crippen molar-refractivity contribution < 1.29 is 47.4 Å². The Morgan fingerprint density at radius 1 is 1.22 bits per heavy atom. The fraction of sp³-hybridized carbons (Fsp3) is 0.429. The molecular weight excluding hydrogens is 379 g/mol. The molecule has 123 valence electrons. The van der Waals surface area contributed by atoms with Crippen molar-refractivity contribution in [1.29, 1.82) is 0 Å². The summed E-state index contributed by atoms with van der Waals surface area (Å²) < 4.78 is 0. The minimum atomic E-state index is -0.739. The van der Waals surface area contributed by atoms with Crippen molar-refractivity contribution in [3.63, 3.8) is 0 Å². The molecule has 8 nitrogen and oxygen atoms in total. The molecule has 0 aromatic heterocycles. The first-order chi connectivity index (χ1) is 10.4. The van der Waals surface area contributed by atoms with E-state index in [1.165, 1.54) is 0 Å². The van der Waals surface area contributed by atoms with Crippen LogP contribution in [0, 0.1) is 27.2 Å². The van der Waals surface area contributed by atoms with Crippen LogP contribution in [-0.4, -0.2) is 28.7 Å². The topological polar surface area (TPSA) is 107 Å². The number of anilines is 1. The van der Waals surface area contributed by atoms with Gasteiger partial charge in [0.15, 0.2) is 5.78 Å². The van der Waals surface area contributed by atoms with Gasteiger partial charge in [0.2, 0.25) is 0 Å². The quantitative estimate of drug-likeness (QED) is 0.289. The van der Waals surface area contributed by atoms with Gasteiger partial charge in [-0.3, -0.25) is 25.0 Å². The second-order valence-electron chi connectivity index (χ2n) is 4.64. The molecule has 0 saturated heterocycles. The summed E-state index contributed by atoms with van der Waals surface area (Å²) in [6.45, 7) is 7.90. The van der Waals surface area contributed by atoms with Gasteiger partial charge in [0.25, 0.3) is 11.4 Å². The first-order valence-electron chi connectivity index (χ1n) is 6.91. The van der Waals surface area contributed by atoms with Crippen LogP contribution >= 0.6 is 0 Å². The summed E-state index contributed by atoms with van der Waals surface area (Å²) >= 11 is 0. The maximum atomic E-state index is 12.1. The van der Waals surface area contributed by atoms with Crippen LogP contribution in [-0.2, 0) is 32.7 Å². The van der Waals surface area contributed by atoms with Crippen molar-refractivity contribution in [3.8, 4) is 0 Å². The summed E-state index contributed by atoms with van der Waals surface area (Å²) in [6.07, 6.45) is 0.797. The molecule has 0 atom stereocenters. The van der Waals surface area contributed by atoms with Crippen LogP contribution in [0.15, 0.2) is 12.1 Å². The predicted molar refractivity (Wildman–Crippen MR) is 82.2 cm³/mol. The van der Waals surface area contributed by atoms with E-state index in [2.05, 4.69) is 6.92 Å². The number of carbonyl (C=O) groups is 1. The smallest absolute Gasteiger partial charge is 0.300 e. The number of nitro groups is 2.